The average Bonchev–Trinajstić information content (AvgIpc) is 3.92. The number of carbonyl (C=O) groups excluding carboxylic acids is 4. The molecule has 16 heteroatoms. The second-order valence-corrected chi connectivity index (χ2v) is 16.5. The monoisotopic (exact) mass is 756 g/mol. The third-order valence-corrected chi connectivity index (χ3v) is 11.9. The molecule has 0 saturated carbocycles. The number of aromatic nitrogens is 2. The molecule has 5 rings (SSSR count). The number of hydrogen-bond acceptors (Lipinski definition) is 12. The summed E-state index contributed by atoms with van der Waals surface area (Å²) >= 11 is 2.57. The van der Waals surface area contributed by atoms with E-state index in [0.29, 0.717) is 22.9 Å². The van der Waals surface area contributed by atoms with Crippen LogP contribution in [0.3, 0.4) is 0 Å². The van der Waals surface area contributed by atoms with E-state index in [1.54, 1.807) is 24.6 Å². The largest absolute Gasteiger partial charge is 0.474 e. The van der Waals surface area contributed by atoms with E-state index in [4.69, 9.17) is 19.5 Å². The van der Waals surface area contributed by atoms with Crippen LogP contribution >= 0.6 is 22.7 Å². The van der Waals surface area contributed by atoms with Gasteiger partial charge in [0.05, 0.1) is 12.1 Å². The Bertz CT molecular complexity index is 1580. The van der Waals surface area contributed by atoms with Crippen molar-refractivity contribution in [1.29, 1.82) is 0 Å². The fraction of sp³-hybridized carbons (Fsp3) is 0.667. The molecule has 0 aromatic carbocycles. The Labute approximate surface area is 313 Å². The van der Waals surface area contributed by atoms with Gasteiger partial charge >= 0.3 is 0 Å². The molecule has 4 N–H and O–H groups in total. The molecule has 5 heterocycles. The topological polar surface area (TPSA) is 185 Å². The molecule has 0 radical (unpaired) electrons. The second kappa shape index (κ2) is 16.4. The summed E-state index contributed by atoms with van der Waals surface area (Å²) in [4.78, 5) is 73.7. The Hall–Kier alpha value is -3.92. The number of nitrogens with zero attached hydrogens (tertiary/aromatic N) is 4. The van der Waals surface area contributed by atoms with Crippen LogP contribution in [0, 0.1) is 23.7 Å². The van der Waals surface area contributed by atoms with Crippen LogP contribution < -0.4 is 21.3 Å². The van der Waals surface area contributed by atoms with Gasteiger partial charge in [-0.05, 0) is 37.5 Å². The van der Waals surface area contributed by atoms with Crippen molar-refractivity contribution in [3.05, 3.63) is 32.2 Å². The Morgan fingerprint density at radius 3 is 1.31 bits per heavy atom. The molecule has 0 saturated heterocycles. The van der Waals surface area contributed by atoms with Crippen molar-refractivity contribution in [1.82, 2.24) is 31.2 Å². The average molecular weight is 757 g/mol. The first-order valence-corrected chi connectivity index (χ1v) is 20.0. The third-order valence-electron chi connectivity index (χ3n) is 10.1. The Kier molecular flexibility index (Phi) is 12.4. The number of carbonyl (C=O) groups is 4. The van der Waals surface area contributed by atoms with Gasteiger partial charge in [0.25, 0.3) is 11.8 Å². The minimum atomic E-state index is -0.857. The van der Waals surface area contributed by atoms with Crippen molar-refractivity contribution in [3.63, 3.8) is 0 Å². The maximum Gasteiger partial charge on any atom is 0.271 e. The lowest BCUT2D eigenvalue weighted by Gasteiger charge is -2.24. The maximum absolute atomic E-state index is 13.8. The molecule has 0 unspecified atom stereocenters. The number of aliphatic imine (C=N–C) groups is 2. The standard InChI is InChI=1S/C36H52N8O6S2/c1-11-17(7)25-33-43-27(19(9)49-33)31(47)39-24(16(5)6)36-38-22(14-52-36)30(46)42-26(18(8)12-2)34-44-28(20(10)50-34)32(48)40-23(15(3)4)35-37-21(13-51-35)29(45)41-25/h13-20,23-28H,11-12H2,1-10H3,(H,39,47)(H,40,48)(H,41,45)(H,42,46)/t17-,18-,19-,20-,23+,24+,25+,26+,27+,28+/m0/s1. The lowest BCUT2D eigenvalue weighted by atomic mass is 9.98. The number of amides is 4. The zero-order valence-corrected chi connectivity index (χ0v) is 33.2. The molecule has 0 aliphatic carbocycles. The summed E-state index contributed by atoms with van der Waals surface area (Å²) in [6.07, 6.45) is 0.257. The summed E-state index contributed by atoms with van der Waals surface area (Å²) in [7, 11) is 0. The molecular formula is C36H52N8O6S2. The van der Waals surface area contributed by atoms with E-state index in [1.807, 2.05) is 55.4 Å². The van der Waals surface area contributed by atoms with Crippen molar-refractivity contribution in [2.75, 3.05) is 0 Å². The number of hydrogen-bond donors (Lipinski definition) is 4. The zero-order valence-electron chi connectivity index (χ0n) is 31.6. The fourth-order valence-electron chi connectivity index (χ4n) is 6.28. The minimum absolute atomic E-state index is 0.0604. The summed E-state index contributed by atoms with van der Waals surface area (Å²) in [6, 6.07) is -3.92. The van der Waals surface area contributed by atoms with E-state index in [2.05, 4.69) is 31.2 Å². The smallest absolute Gasteiger partial charge is 0.271 e. The summed E-state index contributed by atoms with van der Waals surface area (Å²) < 4.78 is 12.3. The van der Waals surface area contributed by atoms with Crippen molar-refractivity contribution in [2.45, 2.75) is 131 Å². The van der Waals surface area contributed by atoms with Crippen LogP contribution in [0.25, 0.3) is 0 Å². The van der Waals surface area contributed by atoms with Gasteiger partial charge in [-0.3, -0.25) is 19.2 Å². The van der Waals surface area contributed by atoms with Gasteiger partial charge in [-0.2, -0.15) is 0 Å². The van der Waals surface area contributed by atoms with Crippen molar-refractivity contribution in [2.24, 2.45) is 33.7 Å². The first-order chi connectivity index (χ1) is 24.6. The number of rotatable bonds is 6. The lowest BCUT2D eigenvalue weighted by Crippen LogP contribution is -2.46. The van der Waals surface area contributed by atoms with Gasteiger partial charge in [-0.1, -0.05) is 68.2 Å². The highest BCUT2D eigenvalue weighted by atomic mass is 32.1. The molecule has 2 aromatic heterocycles. The highest BCUT2D eigenvalue weighted by Gasteiger charge is 2.42. The molecule has 2 aromatic rings. The van der Waals surface area contributed by atoms with Crippen LogP contribution in [0.4, 0.5) is 0 Å². The molecule has 3 aliphatic heterocycles. The van der Waals surface area contributed by atoms with E-state index in [1.165, 1.54) is 22.7 Å². The molecule has 8 bridgehead atoms. The van der Waals surface area contributed by atoms with E-state index in [9.17, 15) is 19.2 Å². The molecule has 284 valence electrons. The van der Waals surface area contributed by atoms with E-state index in [0.717, 1.165) is 0 Å². The number of fused-ring (bicyclic) bond motifs is 6. The van der Waals surface area contributed by atoms with Crippen LogP contribution in [0.15, 0.2) is 20.7 Å². The summed E-state index contributed by atoms with van der Waals surface area (Å²) in [5, 5.41) is 16.8. The predicted molar refractivity (Wildman–Crippen MR) is 201 cm³/mol. The zero-order chi connectivity index (χ0) is 38.0. The quantitative estimate of drug-likeness (QED) is 0.330. The normalized spacial score (nSPS) is 29.8. The molecule has 0 spiro atoms. The van der Waals surface area contributed by atoms with Crippen molar-refractivity contribution >= 4 is 58.1 Å². The molecular weight excluding hydrogens is 705 g/mol. The van der Waals surface area contributed by atoms with Gasteiger partial charge < -0.3 is 30.7 Å². The molecule has 52 heavy (non-hydrogen) atoms. The number of thiazole rings is 2. The highest BCUT2D eigenvalue weighted by Crippen LogP contribution is 2.30. The van der Waals surface area contributed by atoms with Crippen LogP contribution in [0.5, 0.6) is 0 Å². The fourth-order valence-corrected chi connectivity index (χ4v) is 8.32. The summed E-state index contributed by atoms with van der Waals surface area (Å²) in [5.74, 6) is -1.19. The molecule has 3 aliphatic rings. The third kappa shape index (κ3) is 8.32. The van der Waals surface area contributed by atoms with Crippen LogP contribution in [-0.2, 0) is 19.1 Å². The van der Waals surface area contributed by atoms with Gasteiger partial charge in [-0.15, -0.1) is 22.7 Å². The van der Waals surface area contributed by atoms with Crippen LogP contribution in [0.2, 0.25) is 0 Å². The Morgan fingerprint density at radius 1 is 0.615 bits per heavy atom. The van der Waals surface area contributed by atoms with Gasteiger partial charge in [0.15, 0.2) is 12.1 Å². The minimum Gasteiger partial charge on any atom is -0.474 e. The predicted octanol–water partition coefficient (Wildman–Crippen LogP) is 4.60. The second-order valence-electron chi connectivity index (χ2n) is 14.7. The highest BCUT2D eigenvalue weighted by molar-refractivity contribution is 7.10. The first-order valence-electron chi connectivity index (χ1n) is 18.2. The first kappa shape index (κ1) is 39.3. The van der Waals surface area contributed by atoms with E-state index >= 15 is 0 Å². The lowest BCUT2D eigenvalue weighted by molar-refractivity contribution is -0.125. The van der Waals surface area contributed by atoms with Gasteiger partial charge in [0.2, 0.25) is 23.6 Å². The van der Waals surface area contributed by atoms with E-state index < -0.39 is 60.3 Å². The van der Waals surface area contributed by atoms with Crippen LogP contribution in [0.1, 0.15) is 125 Å². The summed E-state index contributed by atoms with van der Waals surface area (Å²) in [5.41, 5.74) is 0.410. The molecule has 14 nitrogen and oxygen atoms in total. The van der Waals surface area contributed by atoms with Gasteiger partial charge in [0.1, 0.15) is 45.7 Å². The van der Waals surface area contributed by atoms with Crippen LogP contribution in [-0.4, -0.2) is 81.8 Å². The van der Waals surface area contributed by atoms with Gasteiger partial charge in [0, 0.05) is 10.8 Å². The molecule has 0 fully saturated rings. The SMILES string of the molecule is CC[C@H](C)[C@H]1NC(=O)c2csc(n2)[C@@H](C(C)C)NC(=O)[C@@H]2N=C(O[C@H]2C)[C@@H]([C@@H](C)CC)NC(=O)c2csc(n2)[C@@H](C(C)C)NC(=O)[C@@H]2N=C1O[C@H]2C. The maximum atomic E-state index is 13.8. The number of ether oxygens (including phenoxy) is 2. The Morgan fingerprint density at radius 2 is 0.981 bits per heavy atom. The number of nitrogens with one attached hydrogen (secondary N) is 4. The van der Waals surface area contributed by atoms with Crippen molar-refractivity contribution < 1.29 is 28.7 Å². The molecule has 4 amide bonds. The summed E-state index contributed by atoms with van der Waals surface area (Å²) in [6.45, 7) is 19.4. The van der Waals surface area contributed by atoms with E-state index in [-0.39, 0.29) is 58.7 Å². The van der Waals surface area contributed by atoms with Crippen molar-refractivity contribution in [3.8, 4) is 0 Å². The molecule has 10 atom stereocenters. The van der Waals surface area contributed by atoms with Gasteiger partial charge in [-0.25, -0.2) is 20.0 Å². The Balaban J connectivity index is 1.55.